The average Bonchev–Trinajstić information content (AvgIpc) is 1.84. The zero-order valence-corrected chi connectivity index (χ0v) is 4.70. The highest BCUT2D eigenvalue weighted by Gasteiger charge is 1.77. The van der Waals surface area contributed by atoms with Gasteiger partial charge in [0.2, 0.25) is 0 Å². The predicted octanol–water partition coefficient (Wildman–Crippen LogP) is -0.0553. The van der Waals surface area contributed by atoms with Gasteiger partial charge >= 0.3 is 0 Å². The second-order valence-corrected chi connectivity index (χ2v) is 1.23. The van der Waals surface area contributed by atoms with Gasteiger partial charge in [-0.1, -0.05) is 6.92 Å². The molecule has 0 unspecified atom stereocenters. The van der Waals surface area contributed by atoms with Crippen LogP contribution in [0.1, 0.15) is 16.0 Å². The second-order valence-electron chi connectivity index (χ2n) is 1.23. The molecule has 0 fully saturated rings. The van der Waals surface area contributed by atoms with Crippen molar-refractivity contribution in [2.45, 2.75) is 13.3 Å². The van der Waals surface area contributed by atoms with E-state index in [1.54, 1.807) is 0 Å². The quantitative estimate of drug-likeness (QED) is 0.524. The lowest BCUT2D eigenvalue weighted by molar-refractivity contribution is 0.679. The summed E-state index contributed by atoms with van der Waals surface area (Å²) in [5, 5.41) is 2.88. The van der Waals surface area contributed by atoms with Crippen LogP contribution in [0.4, 0.5) is 0 Å². The van der Waals surface area contributed by atoms with Crippen LogP contribution in [0.25, 0.3) is 0 Å². The number of hydrogen-bond donors (Lipinski definition) is 2. The fraction of sp³-hybridized carbons (Fsp3) is 1.00. The average molecular weight is 104 g/mol. The van der Waals surface area contributed by atoms with E-state index in [2.05, 4.69) is 5.32 Å². The largest absolute Gasteiger partial charge is 0.330 e. The minimum atomic E-state index is -1.24. The zero-order valence-electron chi connectivity index (χ0n) is 6.70. The van der Waals surface area contributed by atoms with Gasteiger partial charge in [0.1, 0.15) is 0 Å². The molecule has 3 N–H and O–H groups in total. The van der Waals surface area contributed by atoms with Gasteiger partial charge in [0, 0.05) is 2.74 Å². The molecule has 0 aliphatic carbocycles. The Morgan fingerprint density at radius 1 is 1.86 bits per heavy atom. The Balaban J connectivity index is 3.33. The van der Waals surface area contributed by atoms with Crippen LogP contribution in [0, 0.1) is 0 Å². The van der Waals surface area contributed by atoms with Gasteiger partial charge in [-0.15, -0.1) is 0 Å². The van der Waals surface area contributed by atoms with Gasteiger partial charge in [-0.25, -0.2) is 0 Å². The molecule has 0 bridgehead atoms. The van der Waals surface area contributed by atoms with Crippen molar-refractivity contribution >= 4 is 0 Å². The third kappa shape index (κ3) is 5.92. The highest BCUT2D eigenvalue weighted by atomic mass is 14.8. The van der Waals surface area contributed by atoms with Gasteiger partial charge in [-0.05, 0) is 26.0 Å². The van der Waals surface area contributed by atoms with Gasteiger partial charge in [0.05, 0.1) is 0 Å². The van der Waals surface area contributed by atoms with Gasteiger partial charge in [0.15, 0.2) is 0 Å². The van der Waals surface area contributed by atoms with E-state index in [1.165, 1.54) is 0 Å². The van der Waals surface area contributed by atoms with Crippen molar-refractivity contribution < 1.29 is 2.74 Å². The first-order chi connectivity index (χ1) is 4.12. The Labute approximate surface area is 47.9 Å². The highest BCUT2D eigenvalue weighted by molar-refractivity contribution is 4.42. The van der Waals surface area contributed by atoms with Crippen molar-refractivity contribution in [3.8, 4) is 0 Å². The first-order valence-electron chi connectivity index (χ1n) is 3.53. The number of rotatable bonds is 4. The topological polar surface area (TPSA) is 38.0 Å². The van der Waals surface area contributed by atoms with Crippen molar-refractivity contribution in [3.63, 3.8) is 0 Å². The Morgan fingerprint density at radius 3 is 3.00 bits per heavy atom. The molecule has 2 heteroatoms. The van der Waals surface area contributed by atoms with Crippen molar-refractivity contribution in [3.05, 3.63) is 0 Å². The van der Waals surface area contributed by atoms with E-state index in [1.807, 2.05) is 6.92 Å². The van der Waals surface area contributed by atoms with Crippen LogP contribution in [0.2, 0.25) is 0 Å². The fourth-order valence-corrected chi connectivity index (χ4v) is 0.286. The Hall–Kier alpha value is -0.0800. The lowest BCUT2D eigenvalue weighted by atomic mass is 10.4. The molecule has 0 heterocycles. The maximum Gasteiger partial charge on any atom is 0.0293 e. The molecular formula is C5H14N2. The van der Waals surface area contributed by atoms with E-state index in [9.17, 15) is 0 Å². The molecule has 2 nitrogen and oxygen atoms in total. The molecule has 0 aliphatic rings. The van der Waals surface area contributed by atoms with E-state index < -0.39 is 6.37 Å². The van der Waals surface area contributed by atoms with E-state index in [0.29, 0.717) is 6.54 Å². The molecule has 0 aromatic heterocycles. The summed E-state index contributed by atoms with van der Waals surface area (Å²) in [6, 6.07) is 0. The maximum atomic E-state index is 7.16. The minimum Gasteiger partial charge on any atom is -0.330 e. The molecule has 0 aromatic rings. The third-order valence-electron chi connectivity index (χ3n) is 0.644. The van der Waals surface area contributed by atoms with Crippen LogP contribution in [0.3, 0.4) is 0 Å². The molecule has 0 aromatic carbocycles. The van der Waals surface area contributed by atoms with Gasteiger partial charge in [0.25, 0.3) is 0 Å². The molecule has 0 radical (unpaired) electrons. The molecule has 0 aliphatic heterocycles. The third-order valence-corrected chi connectivity index (χ3v) is 0.644. The predicted molar refractivity (Wildman–Crippen MR) is 32.2 cm³/mol. The zero-order chi connectivity index (χ0) is 7.33. The summed E-state index contributed by atoms with van der Waals surface area (Å²) in [4.78, 5) is 0. The van der Waals surface area contributed by atoms with E-state index in [4.69, 9.17) is 8.48 Å². The smallest absolute Gasteiger partial charge is 0.0293 e. The van der Waals surface area contributed by atoms with Crippen molar-refractivity contribution in [1.82, 2.24) is 5.32 Å². The molecule has 0 rings (SSSR count). The fourth-order valence-electron chi connectivity index (χ4n) is 0.286. The van der Waals surface area contributed by atoms with Crippen LogP contribution in [-0.4, -0.2) is 19.6 Å². The van der Waals surface area contributed by atoms with Crippen molar-refractivity contribution in [2.24, 2.45) is 5.73 Å². The van der Waals surface area contributed by atoms with Crippen LogP contribution in [-0.2, 0) is 0 Å². The number of nitrogens with two attached hydrogens (primary N) is 1. The van der Waals surface area contributed by atoms with Crippen LogP contribution in [0.15, 0.2) is 0 Å². The van der Waals surface area contributed by atoms with Gasteiger partial charge in [-0.3, -0.25) is 0 Å². The Bertz CT molecular complexity index is 75.4. The normalized spacial score (nSPS) is 15.7. The van der Waals surface area contributed by atoms with Crippen molar-refractivity contribution in [1.29, 1.82) is 0 Å². The molecule has 0 saturated heterocycles. The lowest BCUT2D eigenvalue weighted by Crippen LogP contribution is -2.17. The van der Waals surface area contributed by atoms with Crippen LogP contribution < -0.4 is 11.1 Å². The minimum absolute atomic E-state index is 0.0833. The second kappa shape index (κ2) is 5.92. The summed E-state index contributed by atoms with van der Waals surface area (Å²) in [5.74, 6) is 0. The van der Waals surface area contributed by atoms with E-state index in [-0.39, 0.29) is 6.54 Å². The lowest BCUT2D eigenvalue weighted by Gasteiger charge is -1.95. The molecule has 0 amide bonds. The molecular weight excluding hydrogens is 88.1 g/mol. The monoisotopic (exact) mass is 104 g/mol. The highest BCUT2D eigenvalue weighted by Crippen LogP contribution is 1.66. The summed E-state index contributed by atoms with van der Waals surface area (Å²) in [5.41, 5.74) is 5.13. The van der Waals surface area contributed by atoms with Gasteiger partial charge in [-0.2, -0.15) is 0 Å². The summed E-state index contributed by atoms with van der Waals surface area (Å²) in [6.07, 6.45) is -1.24. The Kier molecular flexibility index (Phi) is 3.27. The number of hydrogen-bond acceptors (Lipinski definition) is 2. The Morgan fingerprint density at radius 2 is 2.57 bits per heavy atom. The maximum absolute atomic E-state index is 7.16. The summed E-state index contributed by atoms with van der Waals surface area (Å²) < 4.78 is 14.3. The summed E-state index contributed by atoms with van der Waals surface area (Å²) in [6.45, 7) is 3.16. The molecule has 0 atom stereocenters. The molecule has 44 valence electrons. The molecule has 0 spiro atoms. The molecule has 0 saturated carbocycles. The SMILES string of the molecule is [2H]C([2H])(CN)CNCC. The van der Waals surface area contributed by atoms with Crippen LogP contribution in [0.5, 0.6) is 0 Å². The first kappa shape index (κ1) is 3.87. The van der Waals surface area contributed by atoms with Crippen LogP contribution >= 0.6 is 0 Å². The molecule has 7 heavy (non-hydrogen) atoms. The van der Waals surface area contributed by atoms with Crippen molar-refractivity contribution in [2.75, 3.05) is 19.6 Å². The summed E-state index contributed by atoms with van der Waals surface area (Å²) in [7, 11) is 0. The standard InChI is InChI=1S/C5H14N2/c1-2-7-5-3-4-6/h7H,2-6H2,1H3/i3D2. The first-order valence-corrected chi connectivity index (χ1v) is 2.53. The number of nitrogens with one attached hydrogen (secondary N) is 1. The van der Waals surface area contributed by atoms with E-state index >= 15 is 0 Å². The van der Waals surface area contributed by atoms with Gasteiger partial charge < -0.3 is 11.1 Å². The van der Waals surface area contributed by atoms with E-state index in [0.717, 1.165) is 6.54 Å². The summed E-state index contributed by atoms with van der Waals surface area (Å²) >= 11 is 0.